The van der Waals surface area contributed by atoms with Crippen LogP contribution in [0.3, 0.4) is 0 Å². The minimum Gasteiger partial charge on any atom is -0.347 e. The molecular formula is C13H15FN2O2. The van der Waals surface area contributed by atoms with Crippen molar-refractivity contribution in [3.05, 3.63) is 35.1 Å². The number of carbonyl (C=O) groups is 2. The van der Waals surface area contributed by atoms with E-state index in [1.807, 2.05) is 6.92 Å². The van der Waals surface area contributed by atoms with Gasteiger partial charge in [-0.3, -0.25) is 9.59 Å². The molecule has 1 aromatic carbocycles. The molecule has 0 atom stereocenters. The normalized spacial score (nSPS) is 16.4. The molecule has 0 bridgehead atoms. The number of benzene rings is 1. The monoisotopic (exact) mass is 250 g/mol. The molecule has 1 fully saturated rings. The summed E-state index contributed by atoms with van der Waals surface area (Å²) in [5.41, 5.74) is 1.71. The molecule has 1 aromatic rings. The standard InChI is InChI=1S/C13H15FN2O2/c1-9-2-3-11(14)6-10(9)8-16-5-4-12(17)15-7-13(16)18/h2-3,6H,4-5,7-8H2,1H3,(H,15,17). The van der Waals surface area contributed by atoms with Gasteiger partial charge in [0.2, 0.25) is 11.8 Å². The van der Waals surface area contributed by atoms with Gasteiger partial charge in [0.25, 0.3) is 0 Å². The molecule has 0 unspecified atom stereocenters. The molecule has 18 heavy (non-hydrogen) atoms. The van der Waals surface area contributed by atoms with E-state index in [2.05, 4.69) is 5.32 Å². The second-order valence-electron chi connectivity index (χ2n) is 4.41. The van der Waals surface area contributed by atoms with Gasteiger partial charge in [0.1, 0.15) is 5.82 Å². The summed E-state index contributed by atoms with van der Waals surface area (Å²) in [6, 6.07) is 4.52. The summed E-state index contributed by atoms with van der Waals surface area (Å²) < 4.78 is 13.2. The Kier molecular flexibility index (Phi) is 3.60. The van der Waals surface area contributed by atoms with Crippen molar-refractivity contribution in [2.24, 2.45) is 0 Å². The van der Waals surface area contributed by atoms with Crippen molar-refractivity contribution < 1.29 is 14.0 Å². The first kappa shape index (κ1) is 12.5. The van der Waals surface area contributed by atoms with E-state index in [0.717, 1.165) is 11.1 Å². The predicted octanol–water partition coefficient (Wildman–Crippen LogP) is 0.983. The molecule has 1 heterocycles. The quantitative estimate of drug-likeness (QED) is 0.850. The van der Waals surface area contributed by atoms with Crippen molar-refractivity contribution >= 4 is 11.8 Å². The van der Waals surface area contributed by atoms with Crippen LogP contribution in [0.15, 0.2) is 18.2 Å². The van der Waals surface area contributed by atoms with Gasteiger partial charge in [-0.05, 0) is 30.2 Å². The third-order valence-corrected chi connectivity index (χ3v) is 3.07. The van der Waals surface area contributed by atoms with Crippen molar-refractivity contribution in [3.8, 4) is 0 Å². The summed E-state index contributed by atoms with van der Waals surface area (Å²) >= 11 is 0. The lowest BCUT2D eigenvalue weighted by Crippen LogP contribution is -2.34. The summed E-state index contributed by atoms with van der Waals surface area (Å²) in [6.07, 6.45) is 0.292. The molecule has 0 aromatic heterocycles. The Morgan fingerprint density at radius 3 is 2.94 bits per heavy atom. The molecular weight excluding hydrogens is 235 g/mol. The number of hydrogen-bond acceptors (Lipinski definition) is 2. The smallest absolute Gasteiger partial charge is 0.242 e. The average Bonchev–Trinajstić information content (AvgIpc) is 2.49. The van der Waals surface area contributed by atoms with E-state index in [1.54, 1.807) is 11.0 Å². The molecule has 4 nitrogen and oxygen atoms in total. The fraction of sp³-hybridized carbons (Fsp3) is 0.385. The fourth-order valence-electron chi connectivity index (χ4n) is 1.92. The maximum Gasteiger partial charge on any atom is 0.242 e. The maximum atomic E-state index is 13.2. The molecule has 1 saturated heterocycles. The minimum absolute atomic E-state index is 0.0210. The molecule has 0 aliphatic carbocycles. The summed E-state index contributed by atoms with van der Waals surface area (Å²) in [5.74, 6) is -0.571. The first-order valence-electron chi connectivity index (χ1n) is 5.86. The Morgan fingerprint density at radius 2 is 2.17 bits per heavy atom. The summed E-state index contributed by atoms with van der Waals surface area (Å²) in [5, 5.41) is 2.53. The van der Waals surface area contributed by atoms with Gasteiger partial charge in [-0.15, -0.1) is 0 Å². The van der Waals surface area contributed by atoms with E-state index in [0.29, 0.717) is 19.5 Å². The number of halogens is 1. The number of rotatable bonds is 2. The first-order valence-corrected chi connectivity index (χ1v) is 5.86. The van der Waals surface area contributed by atoms with Crippen LogP contribution in [0.25, 0.3) is 0 Å². The average molecular weight is 250 g/mol. The summed E-state index contributed by atoms with van der Waals surface area (Å²) in [7, 11) is 0. The highest BCUT2D eigenvalue weighted by atomic mass is 19.1. The van der Waals surface area contributed by atoms with E-state index in [4.69, 9.17) is 0 Å². The summed E-state index contributed by atoms with van der Waals surface area (Å²) in [4.78, 5) is 24.6. The van der Waals surface area contributed by atoms with Gasteiger partial charge < -0.3 is 10.2 Å². The van der Waals surface area contributed by atoms with Gasteiger partial charge in [-0.2, -0.15) is 0 Å². The number of nitrogens with zero attached hydrogens (tertiary/aromatic N) is 1. The second-order valence-corrected chi connectivity index (χ2v) is 4.41. The van der Waals surface area contributed by atoms with Crippen LogP contribution in [0.2, 0.25) is 0 Å². The van der Waals surface area contributed by atoms with Gasteiger partial charge in [0, 0.05) is 19.5 Å². The molecule has 1 aliphatic heterocycles. The van der Waals surface area contributed by atoms with E-state index >= 15 is 0 Å². The van der Waals surface area contributed by atoms with Gasteiger partial charge in [-0.25, -0.2) is 4.39 Å². The van der Waals surface area contributed by atoms with Gasteiger partial charge >= 0.3 is 0 Å². The molecule has 2 rings (SSSR count). The van der Waals surface area contributed by atoms with Gasteiger partial charge in [0.05, 0.1) is 6.54 Å². The largest absolute Gasteiger partial charge is 0.347 e. The maximum absolute atomic E-state index is 13.2. The van der Waals surface area contributed by atoms with E-state index < -0.39 is 0 Å². The van der Waals surface area contributed by atoms with Crippen LogP contribution in [0.1, 0.15) is 17.5 Å². The molecule has 0 spiro atoms. The molecule has 1 aliphatic rings. The Morgan fingerprint density at radius 1 is 1.39 bits per heavy atom. The topological polar surface area (TPSA) is 49.4 Å². The number of hydrogen-bond donors (Lipinski definition) is 1. The Hall–Kier alpha value is -1.91. The zero-order valence-corrected chi connectivity index (χ0v) is 10.2. The highest BCUT2D eigenvalue weighted by Gasteiger charge is 2.20. The Bertz CT molecular complexity index is 488. The third-order valence-electron chi connectivity index (χ3n) is 3.07. The molecule has 96 valence electrons. The highest BCUT2D eigenvalue weighted by Crippen LogP contribution is 2.14. The van der Waals surface area contributed by atoms with E-state index in [1.165, 1.54) is 12.1 Å². The van der Waals surface area contributed by atoms with Crippen LogP contribution in [0, 0.1) is 12.7 Å². The fourth-order valence-corrected chi connectivity index (χ4v) is 1.92. The highest BCUT2D eigenvalue weighted by molar-refractivity contribution is 5.87. The van der Waals surface area contributed by atoms with Crippen LogP contribution < -0.4 is 5.32 Å². The SMILES string of the molecule is Cc1ccc(F)cc1CN1CCC(=O)NCC1=O. The zero-order valence-electron chi connectivity index (χ0n) is 10.2. The zero-order chi connectivity index (χ0) is 13.1. The van der Waals surface area contributed by atoms with Crippen molar-refractivity contribution in [1.82, 2.24) is 10.2 Å². The minimum atomic E-state index is -0.313. The first-order chi connectivity index (χ1) is 8.56. The second kappa shape index (κ2) is 5.16. The third kappa shape index (κ3) is 2.85. The van der Waals surface area contributed by atoms with Crippen molar-refractivity contribution in [2.45, 2.75) is 19.9 Å². The lowest BCUT2D eigenvalue weighted by atomic mass is 10.1. The Balaban J connectivity index is 2.14. The molecule has 1 N–H and O–H groups in total. The number of amides is 2. The van der Waals surface area contributed by atoms with Crippen LogP contribution in [-0.4, -0.2) is 29.8 Å². The van der Waals surface area contributed by atoms with E-state index in [9.17, 15) is 14.0 Å². The number of aryl methyl sites for hydroxylation is 1. The van der Waals surface area contributed by atoms with Crippen molar-refractivity contribution in [1.29, 1.82) is 0 Å². The molecule has 0 radical (unpaired) electrons. The lowest BCUT2D eigenvalue weighted by Gasteiger charge is -2.20. The molecule has 0 saturated carbocycles. The van der Waals surface area contributed by atoms with Gasteiger partial charge in [-0.1, -0.05) is 6.07 Å². The number of carbonyl (C=O) groups excluding carboxylic acids is 2. The van der Waals surface area contributed by atoms with Crippen molar-refractivity contribution in [2.75, 3.05) is 13.1 Å². The van der Waals surface area contributed by atoms with Crippen LogP contribution in [0.4, 0.5) is 4.39 Å². The van der Waals surface area contributed by atoms with Crippen LogP contribution in [-0.2, 0) is 16.1 Å². The lowest BCUT2D eigenvalue weighted by molar-refractivity contribution is -0.130. The molecule has 5 heteroatoms. The van der Waals surface area contributed by atoms with E-state index in [-0.39, 0.29) is 24.2 Å². The van der Waals surface area contributed by atoms with Gasteiger partial charge in [0.15, 0.2) is 0 Å². The van der Waals surface area contributed by atoms with Crippen LogP contribution >= 0.6 is 0 Å². The summed E-state index contributed by atoms with van der Waals surface area (Å²) in [6.45, 7) is 2.62. The predicted molar refractivity (Wildman–Crippen MR) is 64.2 cm³/mol. The van der Waals surface area contributed by atoms with Crippen LogP contribution in [0.5, 0.6) is 0 Å². The molecule has 2 amide bonds. The Labute approximate surface area is 105 Å². The van der Waals surface area contributed by atoms with Crippen molar-refractivity contribution in [3.63, 3.8) is 0 Å². The number of nitrogens with one attached hydrogen (secondary N) is 1.